The van der Waals surface area contributed by atoms with E-state index >= 15 is 0 Å². The molecule has 0 saturated carbocycles. The second kappa shape index (κ2) is 8.71. The van der Waals surface area contributed by atoms with E-state index < -0.39 is 0 Å². The molecular weight excluding hydrogens is 446 g/mol. The number of aromatic nitrogens is 2. The summed E-state index contributed by atoms with van der Waals surface area (Å²) in [5.74, 6) is -0.121. The van der Waals surface area contributed by atoms with Gasteiger partial charge in [0.15, 0.2) is 0 Å². The Kier molecular flexibility index (Phi) is 5.85. The minimum absolute atomic E-state index is 0.0386. The predicted octanol–water partition coefficient (Wildman–Crippen LogP) is 2.81. The second-order valence-corrected chi connectivity index (χ2v) is 8.07. The summed E-state index contributed by atoms with van der Waals surface area (Å²) >= 11 is 3.42. The maximum atomic E-state index is 12.7. The lowest BCUT2D eigenvalue weighted by molar-refractivity contribution is -0.120. The number of rotatable bonds is 5. The molecule has 7 nitrogen and oxygen atoms in total. The van der Waals surface area contributed by atoms with Crippen LogP contribution in [0.4, 0.5) is 5.69 Å². The fourth-order valence-corrected chi connectivity index (χ4v) is 3.70. The highest BCUT2D eigenvalue weighted by Gasteiger charge is 2.17. The number of anilines is 1. The van der Waals surface area contributed by atoms with Crippen LogP contribution in [-0.2, 0) is 11.3 Å². The minimum Gasteiger partial charge on any atom is -0.360 e. The first-order chi connectivity index (χ1) is 14.5. The quantitative estimate of drug-likeness (QED) is 0.604. The van der Waals surface area contributed by atoms with Gasteiger partial charge in [-0.25, -0.2) is 4.68 Å². The molecule has 8 heteroatoms. The lowest BCUT2D eigenvalue weighted by atomic mass is 10.1. The number of carbonyl (C=O) groups excluding carboxylic acids is 2. The summed E-state index contributed by atoms with van der Waals surface area (Å²) in [4.78, 5) is 26.3. The first kappa shape index (κ1) is 20.2. The molecule has 3 aromatic rings. The monoisotopic (exact) mass is 467 g/mol. The van der Waals surface area contributed by atoms with Crippen molar-refractivity contribution in [3.8, 4) is 5.69 Å². The van der Waals surface area contributed by atoms with Gasteiger partial charge in [0.2, 0.25) is 5.91 Å². The number of piperazine rings is 1. The summed E-state index contributed by atoms with van der Waals surface area (Å²) in [6.45, 7) is 4.13. The van der Waals surface area contributed by atoms with Crippen LogP contribution < -0.4 is 15.5 Å². The first-order valence-corrected chi connectivity index (χ1v) is 10.5. The number of amides is 2. The smallest absolute Gasteiger partial charge is 0.255 e. The summed E-state index contributed by atoms with van der Waals surface area (Å²) in [5, 5.41) is 10.1. The molecule has 0 bridgehead atoms. The normalized spacial score (nSPS) is 13.8. The summed E-state index contributed by atoms with van der Waals surface area (Å²) in [6, 6.07) is 15.7. The van der Waals surface area contributed by atoms with Crippen LogP contribution in [0.1, 0.15) is 21.6 Å². The van der Waals surface area contributed by atoms with Crippen LogP contribution in [0.15, 0.2) is 59.2 Å². The molecule has 1 fully saturated rings. The Hall–Kier alpha value is -3.13. The number of nitrogens with one attached hydrogen (secondary N) is 2. The average molecular weight is 468 g/mol. The van der Waals surface area contributed by atoms with Gasteiger partial charge in [0.25, 0.3) is 5.91 Å². The van der Waals surface area contributed by atoms with Gasteiger partial charge in [0, 0.05) is 29.8 Å². The van der Waals surface area contributed by atoms with E-state index in [4.69, 9.17) is 0 Å². The number of nitrogens with zero attached hydrogens (tertiary/aromatic N) is 3. The lowest BCUT2D eigenvalue weighted by Gasteiger charge is -2.28. The molecule has 0 spiro atoms. The summed E-state index contributed by atoms with van der Waals surface area (Å²) in [5.41, 5.74) is 4.23. The van der Waals surface area contributed by atoms with Gasteiger partial charge >= 0.3 is 0 Å². The van der Waals surface area contributed by atoms with Crippen LogP contribution >= 0.6 is 15.9 Å². The first-order valence-electron chi connectivity index (χ1n) is 9.70. The molecule has 0 atom stereocenters. The van der Waals surface area contributed by atoms with Crippen molar-refractivity contribution in [2.75, 3.05) is 24.5 Å². The van der Waals surface area contributed by atoms with E-state index in [2.05, 4.69) is 31.7 Å². The molecule has 1 aromatic heterocycles. The van der Waals surface area contributed by atoms with Crippen molar-refractivity contribution >= 4 is 33.4 Å². The van der Waals surface area contributed by atoms with Crippen molar-refractivity contribution in [2.24, 2.45) is 0 Å². The van der Waals surface area contributed by atoms with Gasteiger partial charge in [-0.15, -0.1) is 0 Å². The van der Waals surface area contributed by atoms with E-state index in [0.717, 1.165) is 33.6 Å². The number of benzene rings is 2. The van der Waals surface area contributed by atoms with Gasteiger partial charge in [-0.3, -0.25) is 9.59 Å². The van der Waals surface area contributed by atoms with Crippen LogP contribution in [0.3, 0.4) is 0 Å². The number of hydrogen-bond donors (Lipinski definition) is 2. The molecule has 1 aliphatic heterocycles. The van der Waals surface area contributed by atoms with Crippen molar-refractivity contribution in [1.29, 1.82) is 0 Å². The van der Waals surface area contributed by atoms with Crippen LogP contribution in [0, 0.1) is 6.92 Å². The summed E-state index contributed by atoms with van der Waals surface area (Å²) in [7, 11) is 0. The molecule has 2 N–H and O–H groups in total. The maximum Gasteiger partial charge on any atom is 0.255 e. The molecule has 2 amide bonds. The molecule has 2 aromatic carbocycles. The molecule has 154 valence electrons. The highest BCUT2D eigenvalue weighted by Crippen LogP contribution is 2.18. The zero-order valence-corrected chi connectivity index (χ0v) is 18.1. The topological polar surface area (TPSA) is 79.3 Å². The third kappa shape index (κ3) is 4.38. The highest BCUT2D eigenvalue weighted by atomic mass is 79.9. The summed E-state index contributed by atoms with van der Waals surface area (Å²) < 4.78 is 2.74. The van der Waals surface area contributed by atoms with Crippen LogP contribution in [-0.4, -0.2) is 41.2 Å². The third-order valence-corrected chi connectivity index (χ3v) is 5.65. The molecule has 1 aliphatic rings. The Bertz CT molecular complexity index is 1060. The van der Waals surface area contributed by atoms with Crippen molar-refractivity contribution in [1.82, 2.24) is 20.4 Å². The molecule has 1 saturated heterocycles. The fraction of sp³-hybridized carbons (Fsp3) is 0.227. The largest absolute Gasteiger partial charge is 0.360 e. The molecule has 30 heavy (non-hydrogen) atoms. The number of carbonyl (C=O) groups is 2. The SMILES string of the molecule is Cc1c(C(=O)NCc2ccc(N3CCNC(=O)C3)cc2)cnn1-c1ccc(Br)cc1. The van der Waals surface area contributed by atoms with Crippen molar-refractivity contribution in [3.05, 3.63) is 76.0 Å². The standard InChI is InChI=1S/C22H22BrN5O2/c1-15-20(13-26-28(15)19-8-4-17(23)5-9-19)22(30)25-12-16-2-6-18(7-3-16)27-11-10-24-21(29)14-27/h2-9,13H,10-12,14H2,1H3,(H,24,29)(H,25,30). The van der Waals surface area contributed by atoms with E-state index in [9.17, 15) is 9.59 Å². The van der Waals surface area contributed by atoms with Gasteiger partial charge in [0.1, 0.15) is 0 Å². The van der Waals surface area contributed by atoms with Crippen molar-refractivity contribution in [3.63, 3.8) is 0 Å². The fourth-order valence-electron chi connectivity index (χ4n) is 3.44. The molecule has 0 aliphatic carbocycles. The Morgan fingerprint density at radius 1 is 1.13 bits per heavy atom. The van der Waals surface area contributed by atoms with Gasteiger partial charge in [-0.1, -0.05) is 28.1 Å². The zero-order valence-electron chi connectivity index (χ0n) is 16.6. The molecule has 2 heterocycles. The van der Waals surface area contributed by atoms with E-state index in [1.807, 2.05) is 60.4 Å². The van der Waals surface area contributed by atoms with Crippen LogP contribution in [0.2, 0.25) is 0 Å². The molecular formula is C22H22BrN5O2. The molecule has 4 rings (SSSR count). The number of hydrogen-bond acceptors (Lipinski definition) is 4. The second-order valence-electron chi connectivity index (χ2n) is 7.15. The molecule has 0 radical (unpaired) electrons. The van der Waals surface area contributed by atoms with Gasteiger partial charge in [0.05, 0.1) is 29.7 Å². The van der Waals surface area contributed by atoms with Gasteiger partial charge in [-0.2, -0.15) is 5.10 Å². The third-order valence-electron chi connectivity index (χ3n) is 5.12. The predicted molar refractivity (Wildman–Crippen MR) is 119 cm³/mol. The van der Waals surface area contributed by atoms with Gasteiger partial charge in [-0.05, 0) is 48.9 Å². The Labute approximate surface area is 183 Å². The average Bonchev–Trinajstić information content (AvgIpc) is 3.14. The van der Waals surface area contributed by atoms with E-state index in [0.29, 0.717) is 25.2 Å². The summed E-state index contributed by atoms with van der Waals surface area (Å²) in [6.07, 6.45) is 1.59. The van der Waals surface area contributed by atoms with Crippen LogP contribution in [0.25, 0.3) is 5.69 Å². The van der Waals surface area contributed by atoms with E-state index in [-0.39, 0.29) is 11.8 Å². The van der Waals surface area contributed by atoms with Crippen LogP contribution in [0.5, 0.6) is 0 Å². The lowest BCUT2D eigenvalue weighted by Crippen LogP contribution is -2.47. The minimum atomic E-state index is -0.160. The highest BCUT2D eigenvalue weighted by molar-refractivity contribution is 9.10. The van der Waals surface area contributed by atoms with Crippen molar-refractivity contribution in [2.45, 2.75) is 13.5 Å². The van der Waals surface area contributed by atoms with Gasteiger partial charge < -0.3 is 15.5 Å². The Morgan fingerprint density at radius 2 is 1.83 bits per heavy atom. The number of halogens is 1. The van der Waals surface area contributed by atoms with Crippen molar-refractivity contribution < 1.29 is 9.59 Å². The Morgan fingerprint density at radius 3 is 2.53 bits per heavy atom. The zero-order chi connectivity index (χ0) is 21.1. The molecule has 0 unspecified atom stereocenters. The van der Waals surface area contributed by atoms with E-state index in [1.165, 1.54) is 0 Å². The maximum absolute atomic E-state index is 12.7. The Balaban J connectivity index is 1.39. The van der Waals surface area contributed by atoms with E-state index in [1.54, 1.807) is 10.9 Å².